The highest BCUT2D eigenvalue weighted by atomic mass is 19.4. The normalized spacial score (nSPS) is 21.6. The second-order valence-electron chi connectivity index (χ2n) is 6.72. The van der Waals surface area contributed by atoms with Gasteiger partial charge in [0.1, 0.15) is 6.61 Å². The Morgan fingerprint density at radius 2 is 1.56 bits per heavy atom. The molecule has 0 spiro atoms. The van der Waals surface area contributed by atoms with Gasteiger partial charge in [-0.3, -0.25) is 4.79 Å². The fourth-order valence-corrected chi connectivity index (χ4v) is 3.08. The summed E-state index contributed by atoms with van der Waals surface area (Å²) in [6.45, 7) is 1.66. The minimum atomic E-state index is -5.09. The summed E-state index contributed by atoms with van der Waals surface area (Å²) in [5.74, 6) is -3.12. The highest BCUT2D eigenvalue weighted by Crippen LogP contribution is 2.60. The zero-order chi connectivity index (χ0) is 20.8. The van der Waals surface area contributed by atoms with Gasteiger partial charge in [-0.05, 0) is 23.6 Å². The summed E-state index contributed by atoms with van der Waals surface area (Å²) in [7, 11) is 0. The number of benzene rings is 1. The molecule has 0 unspecified atom stereocenters. The van der Waals surface area contributed by atoms with E-state index in [1.54, 1.807) is 0 Å². The van der Waals surface area contributed by atoms with E-state index in [2.05, 4.69) is 4.74 Å². The first-order chi connectivity index (χ1) is 12.2. The second-order valence-corrected chi connectivity index (χ2v) is 6.72. The topological polar surface area (TPSA) is 26.3 Å². The van der Waals surface area contributed by atoms with Crippen molar-refractivity contribution in [1.82, 2.24) is 0 Å². The van der Waals surface area contributed by atoms with Crippen molar-refractivity contribution >= 4 is 5.97 Å². The van der Waals surface area contributed by atoms with E-state index in [1.165, 1.54) is 13.8 Å². The molecule has 0 aliphatic heterocycles. The van der Waals surface area contributed by atoms with Crippen LogP contribution in [0.25, 0.3) is 0 Å². The largest absolute Gasteiger partial charge is 0.461 e. The van der Waals surface area contributed by atoms with Crippen molar-refractivity contribution in [2.75, 3.05) is 0 Å². The molecule has 1 fully saturated rings. The van der Waals surface area contributed by atoms with Crippen LogP contribution in [0.2, 0.25) is 0 Å². The van der Waals surface area contributed by atoms with E-state index in [0.717, 1.165) is 0 Å². The van der Waals surface area contributed by atoms with Crippen molar-refractivity contribution in [3.05, 3.63) is 47.0 Å². The van der Waals surface area contributed by atoms with Gasteiger partial charge in [0.05, 0.1) is 17.0 Å². The zero-order valence-electron chi connectivity index (χ0n) is 14.0. The minimum absolute atomic E-state index is 0.448. The minimum Gasteiger partial charge on any atom is -0.461 e. The number of rotatable bonds is 4. The molecule has 150 valence electrons. The smallest absolute Gasteiger partial charge is 0.416 e. The van der Waals surface area contributed by atoms with Crippen LogP contribution in [0.1, 0.15) is 30.5 Å². The summed E-state index contributed by atoms with van der Waals surface area (Å²) in [4.78, 5) is 12.0. The Kier molecular flexibility index (Phi) is 5.33. The molecule has 1 aromatic rings. The van der Waals surface area contributed by atoms with Crippen LogP contribution in [-0.4, -0.2) is 5.97 Å². The molecule has 1 saturated carbocycles. The maximum Gasteiger partial charge on any atom is 0.416 e. The molecular weight excluding hydrogens is 388 g/mol. The molecule has 2 atom stereocenters. The molecule has 0 radical (unpaired) electrons. The van der Waals surface area contributed by atoms with E-state index in [-0.39, 0.29) is 0 Å². The molecule has 0 heterocycles. The van der Waals surface area contributed by atoms with Crippen LogP contribution in [0, 0.1) is 17.3 Å². The van der Waals surface area contributed by atoms with Gasteiger partial charge in [-0.25, -0.2) is 0 Å². The fraction of sp³-hybridized carbons (Fsp3) is 0.471. The van der Waals surface area contributed by atoms with Crippen LogP contribution in [0.5, 0.6) is 0 Å². The maximum atomic E-state index is 13.0. The molecule has 1 aliphatic rings. The Hall–Kier alpha value is -2.13. The van der Waals surface area contributed by atoms with Gasteiger partial charge >= 0.3 is 18.3 Å². The molecule has 1 aromatic carbocycles. The highest BCUT2D eigenvalue weighted by molar-refractivity contribution is 5.78. The molecule has 0 N–H and O–H groups in total. The number of carbonyl (C=O) groups is 1. The molecule has 2 rings (SSSR count). The Morgan fingerprint density at radius 1 is 1.07 bits per heavy atom. The average Bonchev–Trinajstić information content (AvgIpc) is 3.02. The zero-order valence-corrected chi connectivity index (χ0v) is 14.0. The lowest BCUT2D eigenvalue weighted by molar-refractivity contribution is -0.153. The fourth-order valence-electron chi connectivity index (χ4n) is 3.08. The number of carbonyl (C=O) groups excluding carboxylic acids is 1. The molecular formula is C17H14F8O2. The van der Waals surface area contributed by atoms with Crippen LogP contribution >= 0.6 is 0 Å². The first-order valence-electron chi connectivity index (χ1n) is 7.63. The van der Waals surface area contributed by atoms with Gasteiger partial charge in [0.2, 0.25) is 0 Å². The van der Waals surface area contributed by atoms with Crippen molar-refractivity contribution in [1.29, 1.82) is 0 Å². The third kappa shape index (κ3) is 4.41. The molecule has 2 nitrogen and oxygen atoms in total. The summed E-state index contributed by atoms with van der Waals surface area (Å²) in [5, 5.41) is 0. The molecule has 0 bridgehead atoms. The third-order valence-corrected chi connectivity index (χ3v) is 4.62. The number of hydrogen-bond donors (Lipinski definition) is 0. The van der Waals surface area contributed by atoms with Gasteiger partial charge in [-0.1, -0.05) is 19.9 Å². The van der Waals surface area contributed by atoms with Crippen molar-refractivity contribution < 1.29 is 44.7 Å². The van der Waals surface area contributed by atoms with Crippen LogP contribution in [0.4, 0.5) is 35.1 Å². The van der Waals surface area contributed by atoms with E-state index < -0.39 is 65.0 Å². The highest BCUT2D eigenvalue weighted by Gasteiger charge is 2.62. The summed E-state index contributed by atoms with van der Waals surface area (Å²) in [6, 6.07) is 1.50. The lowest BCUT2D eigenvalue weighted by Gasteiger charge is -2.18. The van der Waals surface area contributed by atoms with Gasteiger partial charge in [-0.15, -0.1) is 0 Å². The number of halogens is 8. The molecule has 1 aliphatic carbocycles. The van der Waals surface area contributed by atoms with E-state index in [4.69, 9.17) is 0 Å². The maximum absolute atomic E-state index is 13.0. The summed E-state index contributed by atoms with van der Waals surface area (Å²) >= 11 is 0. The molecule has 27 heavy (non-hydrogen) atoms. The summed E-state index contributed by atoms with van der Waals surface area (Å²) < 4.78 is 108. The van der Waals surface area contributed by atoms with Crippen molar-refractivity contribution in [2.45, 2.75) is 32.8 Å². The monoisotopic (exact) mass is 402 g/mol. The van der Waals surface area contributed by atoms with Crippen LogP contribution in [-0.2, 0) is 28.5 Å². The molecule has 0 amide bonds. The van der Waals surface area contributed by atoms with Gasteiger partial charge < -0.3 is 4.74 Å². The Bertz CT molecular complexity index is 725. The van der Waals surface area contributed by atoms with E-state index in [9.17, 15) is 39.9 Å². The van der Waals surface area contributed by atoms with Crippen molar-refractivity contribution in [3.63, 3.8) is 0 Å². The Morgan fingerprint density at radius 3 is 1.96 bits per heavy atom. The third-order valence-electron chi connectivity index (χ3n) is 4.62. The predicted octanol–water partition coefficient (Wildman–Crippen LogP) is 5.82. The van der Waals surface area contributed by atoms with Crippen molar-refractivity contribution in [3.8, 4) is 0 Å². The molecule has 0 saturated heterocycles. The number of esters is 1. The van der Waals surface area contributed by atoms with Gasteiger partial charge in [0.15, 0.2) is 0 Å². The molecule has 10 heteroatoms. The number of ether oxygens (including phenoxy) is 1. The molecule has 0 aromatic heterocycles. The second kappa shape index (κ2) is 6.79. The number of allylic oxidation sites excluding steroid dienone is 1. The van der Waals surface area contributed by atoms with Gasteiger partial charge in [0, 0.05) is 11.5 Å². The van der Waals surface area contributed by atoms with E-state index in [1.807, 2.05) is 0 Å². The summed E-state index contributed by atoms with van der Waals surface area (Å²) in [5.41, 5.74) is -5.32. The predicted molar refractivity (Wildman–Crippen MR) is 77.3 cm³/mol. The van der Waals surface area contributed by atoms with Crippen LogP contribution in [0.3, 0.4) is 0 Å². The summed E-state index contributed by atoms with van der Waals surface area (Å²) in [6.07, 6.45) is -11.7. The van der Waals surface area contributed by atoms with Crippen molar-refractivity contribution in [2.24, 2.45) is 17.3 Å². The Balaban J connectivity index is 2.28. The average molecular weight is 402 g/mol. The van der Waals surface area contributed by atoms with Gasteiger partial charge in [-0.2, -0.15) is 35.1 Å². The Labute approximate surface area is 148 Å². The first-order valence-corrected chi connectivity index (χ1v) is 7.63. The number of hydrogen-bond acceptors (Lipinski definition) is 2. The van der Waals surface area contributed by atoms with E-state index >= 15 is 0 Å². The van der Waals surface area contributed by atoms with E-state index in [0.29, 0.717) is 24.3 Å². The number of alkyl halides is 6. The lowest BCUT2D eigenvalue weighted by Crippen LogP contribution is -2.19. The van der Waals surface area contributed by atoms with Crippen LogP contribution in [0.15, 0.2) is 30.4 Å². The lowest BCUT2D eigenvalue weighted by atomic mass is 10.0. The van der Waals surface area contributed by atoms with Crippen LogP contribution < -0.4 is 0 Å². The quantitative estimate of drug-likeness (QED) is 0.469. The van der Waals surface area contributed by atoms with Gasteiger partial charge in [0.25, 0.3) is 6.08 Å². The SMILES string of the molecule is CC1(C)[C@H](C(=O)OCc2c(C(F)(F)F)cccc2C(F)(F)F)[C@@H]1C=C(F)F. The standard InChI is InChI=1S/C17H14F8O2/c1-15(2)11(6-12(18)19)13(15)14(26)27-7-8-9(16(20,21)22)4-3-5-10(8)17(23,24)25/h3-6,11,13H,7H2,1-2H3/t11-,13-/m0/s1. The first kappa shape index (κ1) is 21.2.